The summed E-state index contributed by atoms with van der Waals surface area (Å²) in [6.07, 6.45) is 0. The average molecular weight is 354 g/mol. The molecular formula is C13H11IN2O2. The van der Waals surface area contributed by atoms with Gasteiger partial charge in [-0.2, -0.15) is 0 Å². The van der Waals surface area contributed by atoms with Crippen molar-refractivity contribution in [2.75, 3.05) is 5.73 Å². The Hall–Kier alpha value is -1.76. The molecule has 92 valence electrons. The lowest BCUT2D eigenvalue weighted by Gasteiger charge is -2.09. The van der Waals surface area contributed by atoms with Crippen molar-refractivity contribution >= 4 is 34.2 Å². The molecule has 1 amide bonds. The zero-order chi connectivity index (χ0) is 13.1. The van der Waals surface area contributed by atoms with Crippen LogP contribution in [0.2, 0.25) is 0 Å². The van der Waals surface area contributed by atoms with Gasteiger partial charge in [0.25, 0.3) is 0 Å². The summed E-state index contributed by atoms with van der Waals surface area (Å²) in [4.78, 5) is 11.1. The lowest BCUT2D eigenvalue weighted by Crippen LogP contribution is -2.10. The number of hydrogen-bond acceptors (Lipinski definition) is 3. The molecule has 2 rings (SSSR count). The molecule has 4 N–H and O–H groups in total. The van der Waals surface area contributed by atoms with Crippen molar-refractivity contribution in [3.8, 4) is 11.5 Å². The van der Waals surface area contributed by atoms with E-state index in [4.69, 9.17) is 16.2 Å². The quantitative estimate of drug-likeness (QED) is 0.657. The topological polar surface area (TPSA) is 78.3 Å². The van der Waals surface area contributed by atoms with Crippen LogP contribution in [0, 0.1) is 3.57 Å². The van der Waals surface area contributed by atoms with E-state index in [0.29, 0.717) is 22.7 Å². The molecular weight excluding hydrogens is 343 g/mol. The number of primary amides is 1. The summed E-state index contributed by atoms with van der Waals surface area (Å²) in [6, 6.07) is 12.2. The molecule has 5 heteroatoms. The highest BCUT2D eigenvalue weighted by atomic mass is 127. The molecule has 0 aliphatic carbocycles. The van der Waals surface area contributed by atoms with E-state index in [1.54, 1.807) is 30.3 Å². The molecule has 0 bridgehead atoms. The van der Waals surface area contributed by atoms with Gasteiger partial charge in [-0.25, -0.2) is 0 Å². The van der Waals surface area contributed by atoms with Crippen molar-refractivity contribution < 1.29 is 9.53 Å². The van der Waals surface area contributed by atoms with Gasteiger partial charge in [-0.3, -0.25) is 4.79 Å². The maximum Gasteiger partial charge on any atom is 0.248 e. The summed E-state index contributed by atoms with van der Waals surface area (Å²) in [6.45, 7) is 0. The Morgan fingerprint density at radius 1 is 1.17 bits per heavy atom. The van der Waals surface area contributed by atoms with Crippen molar-refractivity contribution in [1.82, 2.24) is 0 Å². The summed E-state index contributed by atoms with van der Waals surface area (Å²) >= 11 is 2.17. The van der Waals surface area contributed by atoms with E-state index in [1.165, 1.54) is 0 Å². The molecule has 0 spiro atoms. The summed E-state index contributed by atoms with van der Waals surface area (Å²) in [5.74, 6) is 0.590. The number of nitrogen functional groups attached to an aromatic ring is 1. The summed E-state index contributed by atoms with van der Waals surface area (Å²) < 4.78 is 6.65. The van der Waals surface area contributed by atoms with Crippen molar-refractivity contribution in [3.05, 3.63) is 51.6 Å². The summed E-state index contributed by atoms with van der Waals surface area (Å²) in [7, 11) is 0. The standard InChI is InChI=1S/C13H11IN2O2/c14-9-4-5-12(11(15)7-9)18-10-3-1-2-8(6-10)13(16)17/h1-7H,15H2,(H2,16,17). The third kappa shape index (κ3) is 2.92. The lowest BCUT2D eigenvalue weighted by atomic mass is 10.2. The number of hydrogen-bond donors (Lipinski definition) is 2. The van der Waals surface area contributed by atoms with Crippen LogP contribution in [0.3, 0.4) is 0 Å². The summed E-state index contributed by atoms with van der Waals surface area (Å²) in [5.41, 5.74) is 12.0. The fourth-order valence-electron chi connectivity index (χ4n) is 1.45. The smallest absolute Gasteiger partial charge is 0.248 e. The second-order valence-corrected chi connectivity index (χ2v) is 4.92. The van der Waals surface area contributed by atoms with Crippen molar-refractivity contribution in [2.45, 2.75) is 0 Å². The zero-order valence-electron chi connectivity index (χ0n) is 9.39. The number of nitrogens with two attached hydrogens (primary N) is 2. The minimum Gasteiger partial charge on any atom is -0.455 e. The molecule has 0 saturated carbocycles. The van der Waals surface area contributed by atoms with Crippen LogP contribution < -0.4 is 16.2 Å². The number of amides is 1. The third-order valence-electron chi connectivity index (χ3n) is 2.32. The Bertz CT molecular complexity index is 599. The average Bonchev–Trinajstić information content (AvgIpc) is 2.33. The van der Waals surface area contributed by atoms with Crippen molar-refractivity contribution in [3.63, 3.8) is 0 Å². The van der Waals surface area contributed by atoms with Gasteiger partial charge in [0, 0.05) is 9.13 Å². The Labute approximate surface area is 118 Å². The van der Waals surface area contributed by atoms with Crippen LogP contribution in [0.5, 0.6) is 11.5 Å². The van der Waals surface area contributed by atoms with E-state index in [0.717, 1.165) is 3.57 Å². The van der Waals surface area contributed by atoms with Crippen LogP contribution in [-0.2, 0) is 0 Å². The van der Waals surface area contributed by atoms with Gasteiger partial charge in [0.2, 0.25) is 5.91 Å². The van der Waals surface area contributed by atoms with E-state index in [-0.39, 0.29) is 0 Å². The van der Waals surface area contributed by atoms with Gasteiger partial charge >= 0.3 is 0 Å². The van der Waals surface area contributed by atoms with Gasteiger partial charge in [-0.1, -0.05) is 6.07 Å². The van der Waals surface area contributed by atoms with Crippen LogP contribution in [0.1, 0.15) is 10.4 Å². The van der Waals surface area contributed by atoms with Gasteiger partial charge in [0.15, 0.2) is 0 Å². The maximum absolute atomic E-state index is 11.1. The van der Waals surface area contributed by atoms with E-state index in [1.807, 2.05) is 12.1 Å². The highest BCUT2D eigenvalue weighted by molar-refractivity contribution is 14.1. The van der Waals surface area contributed by atoms with E-state index in [2.05, 4.69) is 22.6 Å². The second-order valence-electron chi connectivity index (χ2n) is 3.68. The molecule has 0 fully saturated rings. The molecule has 4 nitrogen and oxygen atoms in total. The normalized spacial score (nSPS) is 10.1. The third-order valence-corrected chi connectivity index (χ3v) is 2.99. The van der Waals surface area contributed by atoms with E-state index < -0.39 is 5.91 Å². The Morgan fingerprint density at radius 2 is 1.94 bits per heavy atom. The molecule has 0 atom stereocenters. The predicted molar refractivity (Wildman–Crippen MR) is 78.6 cm³/mol. The number of halogens is 1. The van der Waals surface area contributed by atoms with Crippen molar-refractivity contribution in [1.29, 1.82) is 0 Å². The molecule has 0 heterocycles. The molecule has 0 aliphatic rings. The first-order valence-corrected chi connectivity index (χ1v) is 6.27. The number of benzene rings is 2. The summed E-state index contributed by atoms with van der Waals surface area (Å²) in [5, 5.41) is 0. The van der Waals surface area contributed by atoms with Crippen LogP contribution in [0.25, 0.3) is 0 Å². The number of ether oxygens (including phenoxy) is 1. The van der Waals surface area contributed by atoms with Crippen LogP contribution in [0.15, 0.2) is 42.5 Å². The predicted octanol–water partition coefficient (Wildman–Crippen LogP) is 2.76. The second kappa shape index (κ2) is 5.26. The first-order chi connectivity index (χ1) is 8.56. The molecule has 0 aliphatic heterocycles. The number of rotatable bonds is 3. The van der Waals surface area contributed by atoms with Crippen LogP contribution >= 0.6 is 22.6 Å². The van der Waals surface area contributed by atoms with Crippen LogP contribution in [0.4, 0.5) is 5.69 Å². The zero-order valence-corrected chi connectivity index (χ0v) is 11.5. The van der Waals surface area contributed by atoms with E-state index in [9.17, 15) is 4.79 Å². The van der Waals surface area contributed by atoms with Gasteiger partial charge in [0.1, 0.15) is 11.5 Å². The van der Waals surface area contributed by atoms with Gasteiger partial charge < -0.3 is 16.2 Å². The Balaban J connectivity index is 2.28. The monoisotopic (exact) mass is 354 g/mol. The highest BCUT2D eigenvalue weighted by Gasteiger charge is 2.05. The fraction of sp³-hybridized carbons (Fsp3) is 0. The maximum atomic E-state index is 11.1. The molecule has 0 unspecified atom stereocenters. The Morgan fingerprint density at radius 3 is 2.61 bits per heavy atom. The van der Waals surface area contributed by atoms with Crippen LogP contribution in [-0.4, -0.2) is 5.91 Å². The van der Waals surface area contributed by atoms with Gasteiger partial charge in [-0.05, 0) is 59.0 Å². The van der Waals surface area contributed by atoms with Crippen molar-refractivity contribution in [2.24, 2.45) is 5.73 Å². The Kier molecular flexibility index (Phi) is 3.71. The fourth-order valence-corrected chi connectivity index (χ4v) is 1.97. The number of carbonyl (C=O) groups is 1. The largest absolute Gasteiger partial charge is 0.455 e. The lowest BCUT2D eigenvalue weighted by molar-refractivity contribution is 0.1000. The molecule has 2 aromatic rings. The highest BCUT2D eigenvalue weighted by Crippen LogP contribution is 2.28. The number of anilines is 1. The molecule has 0 radical (unpaired) electrons. The molecule has 0 aromatic heterocycles. The van der Waals surface area contributed by atoms with Gasteiger partial charge in [0.05, 0.1) is 5.69 Å². The molecule has 18 heavy (non-hydrogen) atoms. The van der Waals surface area contributed by atoms with E-state index >= 15 is 0 Å². The molecule has 0 saturated heterocycles. The first-order valence-electron chi connectivity index (χ1n) is 5.19. The minimum absolute atomic E-state index is 0.400. The SMILES string of the molecule is NC(=O)c1cccc(Oc2ccc(I)cc2N)c1. The first kappa shape index (κ1) is 12.7. The van der Waals surface area contributed by atoms with Gasteiger partial charge in [-0.15, -0.1) is 0 Å². The molecule has 2 aromatic carbocycles. The minimum atomic E-state index is -0.490. The number of carbonyl (C=O) groups excluding carboxylic acids is 1.